The predicted octanol–water partition coefficient (Wildman–Crippen LogP) is 5.25. The second kappa shape index (κ2) is 10.3. The second-order valence-corrected chi connectivity index (χ2v) is 11.2. The molecule has 0 bridgehead atoms. The Morgan fingerprint density at radius 3 is 2.42 bits per heavy atom. The van der Waals surface area contributed by atoms with E-state index in [-0.39, 0.29) is 14.6 Å². The van der Waals surface area contributed by atoms with Gasteiger partial charge in [0.15, 0.2) is 5.75 Å². The summed E-state index contributed by atoms with van der Waals surface area (Å²) in [6.07, 6.45) is 0. The summed E-state index contributed by atoms with van der Waals surface area (Å²) in [4.78, 5) is 15.5. The van der Waals surface area contributed by atoms with Crippen LogP contribution in [0, 0.1) is 0 Å². The average molecular weight is 516 g/mol. The third-order valence-corrected chi connectivity index (χ3v) is 6.86. The monoisotopic (exact) mass is 515 g/mol. The summed E-state index contributed by atoms with van der Waals surface area (Å²) in [5, 5.41) is 8.01. The first-order valence-electron chi connectivity index (χ1n) is 11.7. The Balaban J connectivity index is 0.00000253. The molecule has 1 heterocycles. The van der Waals surface area contributed by atoms with E-state index in [9.17, 15) is 13.2 Å². The van der Waals surface area contributed by atoms with E-state index < -0.39 is 15.9 Å². The molecule has 9 heteroatoms. The zero-order chi connectivity index (χ0) is 25.9. The van der Waals surface area contributed by atoms with Gasteiger partial charge in [0.2, 0.25) is 10.0 Å². The van der Waals surface area contributed by atoms with Crippen LogP contribution in [0.3, 0.4) is 0 Å². The molecule has 0 spiro atoms. The highest BCUT2D eigenvalue weighted by Crippen LogP contribution is 2.36. The van der Waals surface area contributed by atoms with E-state index in [0.717, 1.165) is 24.3 Å². The maximum absolute atomic E-state index is 13.3. The minimum Gasteiger partial charge on any atom is -0.454 e. The number of nitrogens with zero attached hydrogens (tertiary/aromatic N) is 1. The number of rotatable bonds is 6. The molecule has 3 aromatic rings. The van der Waals surface area contributed by atoms with Crippen molar-refractivity contribution < 1.29 is 27.0 Å². The number of nitrogens with two attached hydrogens (primary N) is 1. The first-order chi connectivity index (χ1) is 17.0. The van der Waals surface area contributed by atoms with Crippen molar-refractivity contribution in [2.75, 3.05) is 36.5 Å². The van der Waals surface area contributed by atoms with Crippen molar-refractivity contribution >= 4 is 27.3 Å². The molecule has 1 aliphatic rings. The highest BCUT2D eigenvalue weighted by Gasteiger charge is 2.22. The molecular formula is C27H37N3O5S. The molecule has 3 aromatic carbocycles. The smallest absolute Gasteiger partial charge is 0.259 e. The Kier molecular flexibility index (Phi) is 7.35. The maximum Gasteiger partial charge on any atom is 0.259 e. The molecule has 196 valence electrons. The summed E-state index contributed by atoms with van der Waals surface area (Å²) in [7, 11) is -3.90. The number of hydrogen-bond acceptors (Lipinski definition) is 6. The molecule has 1 saturated heterocycles. The Morgan fingerprint density at radius 2 is 1.72 bits per heavy atom. The van der Waals surface area contributed by atoms with Crippen LogP contribution in [-0.2, 0) is 20.2 Å². The number of ether oxygens (including phenoxy) is 2. The van der Waals surface area contributed by atoms with Crippen LogP contribution in [0.1, 0.15) is 41.0 Å². The first-order valence-corrected chi connectivity index (χ1v) is 13.3. The number of benzene rings is 3. The van der Waals surface area contributed by atoms with Crippen molar-refractivity contribution in [1.29, 1.82) is 0 Å². The molecule has 0 atom stereocenters. The van der Waals surface area contributed by atoms with Gasteiger partial charge < -0.3 is 19.7 Å². The van der Waals surface area contributed by atoms with Crippen LogP contribution in [0.5, 0.6) is 11.5 Å². The van der Waals surface area contributed by atoms with Crippen LogP contribution in [0.2, 0.25) is 0 Å². The molecule has 0 saturated carbocycles. The third kappa shape index (κ3) is 6.04. The molecule has 3 N–H and O–H groups in total. The summed E-state index contributed by atoms with van der Waals surface area (Å²) < 4.78 is 35.3. The van der Waals surface area contributed by atoms with E-state index in [1.807, 2.05) is 36.4 Å². The molecule has 8 nitrogen and oxygen atoms in total. The fourth-order valence-corrected chi connectivity index (χ4v) is 4.50. The molecule has 1 fully saturated rings. The summed E-state index contributed by atoms with van der Waals surface area (Å²) in [5.41, 5.74) is 2.40. The largest absolute Gasteiger partial charge is 0.454 e. The standard InChI is InChI=1S/C27H31N3O5S.3H2/c1-27(2,3)19-11-12-22(26(31)29-20-7-6-8-21(18-20)36(28,32)33)25(17-19)35-24-10-5-4-9-23(24)30-13-15-34-16-14-30;;;/h4-12,17-18H,13-16H2,1-3H3,(H,29,31)(H2,28,32,33);3*1H. The number of primary sulfonamides is 1. The number of amides is 1. The molecule has 36 heavy (non-hydrogen) atoms. The number of hydrogen-bond donors (Lipinski definition) is 2. The number of carbonyl (C=O) groups excluding carboxylic acids is 1. The Hall–Kier alpha value is -3.40. The van der Waals surface area contributed by atoms with Crippen LogP contribution < -0.4 is 20.1 Å². The van der Waals surface area contributed by atoms with Gasteiger partial charge in [0, 0.05) is 23.1 Å². The van der Waals surface area contributed by atoms with Crippen molar-refractivity contribution in [2.24, 2.45) is 5.14 Å². The van der Waals surface area contributed by atoms with Crippen molar-refractivity contribution in [1.82, 2.24) is 0 Å². The molecule has 0 aromatic heterocycles. The summed E-state index contributed by atoms with van der Waals surface area (Å²) in [5.74, 6) is 0.611. The van der Waals surface area contributed by atoms with Crippen molar-refractivity contribution in [3.63, 3.8) is 0 Å². The van der Waals surface area contributed by atoms with Crippen LogP contribution in [0.15, 0.2) is 71.6 Å². The first kappa shape index (κ1) is 25.7. The van der Waals surface area contributed by atoms with Gasteiger partial charge in [-0.3, -0.25) is 4.79 Å². The number of carbonyl (C=O) groups is 1. The van der Waals surface area contributed by atoms with Gasteiger partial charge in [-0.15, -0.1) is 0 Å². The average Bonchev–Trinajstić information content (AvgIpc) is 2.84. The van der Waals surface area contributed by atoms with Gasteiger partial charge in [-0.05, 0) is 53.4 Å². The van der Waals surface area contributed by atoms with E-state index in [2.05, 4.69) is 31.0 Å². The lowest BCUT2D eigenvalue weighted by Gasteiger charge is -2.30. The zero-order valence-corrected chi connectivity index (χ0v) is 21.5. The van der Waals surface area contributed by atoms with Gasteiger partial charge >= 0.3 is 0 Å². The molecular weight excluding hydrogens is 478 g/mol. The van der Waals surface area contributed by atoms with E-state index >= 15 is 0 Å². The molecule has 1 amide bonds. The maximum atomic E-state index is 13.3. The summed E-state index contributed by atoms with van der Waals surface area (Å²) in [6.45, 7) is 9.04. The lowest BCUT2D eigenvalue weighted by Crippen LogP contribution is -2.36. The molecule has 0 aliphatic carbocycles. The summed E-state index contributed by atoms with van der Waals surface area (Å²) >= 11 is 0. The molecule has 0 unspecified atom stereocenters. The second-order valence-electron chi connectivity index (χ2n) is 9.66. The van der Waals surface area contributed by atoms with Crippen LogP contribution in [-0.4, -0.2) is 40.6 Å². The Bertz CT molecular complexity index is 1380. The fourth-order valence-electron chi connectivity index (χ4n) is 3.94. The molecule has 0 radical (unpaired) electrons. The third-order valence-electron chi connectivity index (χ3n) is 5.95. The highest BCUT2D eigenvalue weighted by atomic mass is 32.2. The van der Waals surface area contributed by atoms with Crippen molar-refractivity contribution in [3.8, 4) is 11.5 Å². The van der Waals surface area contributed by atoms with Crippen molar-refractivity contribution in [2.45, 2.75) is 31.1 Å². The Labute approximate surface area is 216 Å². The minimum atomic E-state index is -3.90. The van der Waals surface area contributed by atoms with Crippen molar-refractivity contribution in [3.05, 3.63) is 77.9 Å². The van der Waals surface area contributed by atoms with Gasteiger partial charge in [-0.2, -0.15) is 0 Å². The van der Waals surface area contributed by atoms with Crippen LogP contribution in [0.25, 0.3) is 0 Å². The quantitative estimate of drug-likeness (QED) is 0.464. The molecule has 1 aliphatic heterocycles. The number of morpholine rings is 1. The lowest BCUT2D eigenvalue weighted by atomic mass is 9.86. The van der Waals surface area contributed by atoms with E-state index in [1.54, 1.807) is 12.1 Å². The van der Waals surface area contributed by atoms with E-state index in [0.29, 0.717) is 36.0 Å². The van der Waals surface area contributed by atoms with Crippen LogP contribution >= 0.6 is 0 Å². The summed E-state index contributed by atoms with van der Waals surface area (Å²) in [6, 6.07) is 19.1. The van der Waals surface area contributed by atoms with Gasteiger partial charge in [-0.25, -0.2) is 13.6 Å². The van der Waals surface area contributed by atoms with Gasteiger partial charge in [0.05, 0.1) is 29.4 Å². The number of anilines is 2. The number of nitrogens with one attached hydrogen (secondary N) is 1. The number of para-hydroxylation sites is 2. The highest BCUT2D eigenvalue weighted by molar-refractivity contribution is 7.89. The van der Waals surface area contributed by atoms with Gasteiger partial charge in [0.25, 0.3) is 5.91 Å². The van der Waals surface area contributed by atoms with E-state index in [4.69, 9.17) is 14.6 Å². The Morgan fingerprint density at radius 1 is 1.00 bits per heavy atom. The SMILES string of the molecule is CC(C)(C)c1ccc(C(=O)Nc2cccc(S(N)(=O)=O)c2)c(Oc2ccccc2N2CCOCC2)c1.[HH].[HH].[HH]. The lowest BCUT2D eigenvalue weighted by molar-refractivity contribution is 0.102. The van der Waals surface area contributed by atoms with Gasteiger partial charge in [-0.1, -0.05) is 45.0 Å². The minimum absolute atomic E-state index is 0. The van der Waals surface area contributed by atoms with E-state index in [1.165, 1.54) is 18.2 Å². The topological polar surface area (TPSA) is 111 Å². The van der Waals surface area contributed by atoms with Crippen LogP contribution in [0.4, 0.5) is 11.4 Å². The normalized spacial score (nSPS) is 14.4. The zero-order valence-electron chi connectivity index (χ0n) is 20.7. The number of sulfonamides is 1. The molecule has 4 rings (SSSR count). The predicted molar refractivity (Wildman–Crippen MR) is 147 cm³/mol. The van der Waals surface area contributed by atoms with Gasteiger partial charge in [0.1, 0.15) is 5.75 Å². The fraction of sp³-hybridized carbons (Fsp3) is 0.296.